The van der Waals surface area contributed by atoms with Crippen molar-refractivity contribution in [3.8, 4) is 11.4 Å². The number of nitrogens with one attached hydrogen (secondary N) is 1. The maximum atomic E-state index is 14.2. The molecule has 5 rings (SSSR count). The van der Waals surface area contributed by atoms with Crippen molar-refractivity contribution in [1.29, 1.82) is 0 Å². The Bertz CT molecular complexity index is 1320. The maximum Gasteiger partial charge on any atom is 0.228 e. The predicted molar refractivity (Wildman–Crippen MR) is 120 cm³/mol. The van der Waals surface area contributed by atoms with Crippen LogP contribution in [0.1, 0.15) is 36.6 Å². The maximum absolute atomic E-state index is 14.2. The van der Waals surface area contributed by atoms with Gasteiger partial charge in [0.05, 0.1) is 11.7 Å². The van der Waals surface area contributed by atoms with Gasteiger partial charge in [0.25, 0.3) is 0 Å². The fourth-order valence-corrected chi connectivity index (χ4v) is 3.92. The summed E-state index contributed by atoms with van der Waals surface area (Å²) >= 11 is 0. The Hall–Kier alpha value is -3.66. The molecule has 3 N–H and O–H groups in total. The first-order valence-corrected chi connectivity index (χ1v) is 10.8. The van der Waals surface area contributed by atoms with Crippen LogP contribution in [-0.4, -0.2) is 31.3 Å². The molecule has 1 aliphatic heterocycles. The molecular weight excluding hydrogens is 428 g/mol. The summed E-state index contributed by atoms with van der Waals surface area (Å²) in [5.74, 6) is -1.21. The second-order valence-electron chi connectivity index (χ2n) is 8.05. The molecule has 1 aliphatic rings. The second-order valence-corrected chi connectivity index (χ2v) is 8.05. The molecule has 1 unspecified atom stereocenters. The second kappa shape index (κ2) is 8.70. The van der Waals surface area contributed by atoms with Crippen molar-refractivity contribution in [1.82, 2.24) is 24.7 Å². The summed E-state index contributed by atoms with van der Waals surface area (Å²) in [6.45, 7) is 2.23. The van der Waals surface area contributed by atoms with E-state index >= 15 is 0 Å². The molecule has 33 heavy (non-hydrogen) atoms. The highest BCUT2D eigenvalue weighted by atomic mass is 19.2. The summed E-state index contributed by atoms with van der Waals surface area (Å²) < 4.78 is 35.8. The molecule has 10 heteroatoms. The van der Waals surface area contributed by atoms with Crippen molar-refractivity contribution >= 4 is 22.8 Å². The van der Waals surface area contributed by atoms with Crippen LogP contribution >= 0.6 is 0 Å². The Labute approximate surface area is 188 Å². The standard InChI is InChI=1S/C23H23F2N7O/c1-13-5-6-16(20(25)19(13)24)11-27-23-30-21(29-22(26)31-23)14-7-8-15-12-28-32(17(15)10-14)18-4-2-3-9-33-18/h5-8,10,12,18H,2-4,9,11H2,1H3,(H3,26,27,29,30,31). The number of rotatable bonds is 5. The third-order valence-electron chi connectivity index (χ3n) is 5.73. The zero-order valence-electron chi connectivity index (χ0n) is 18.1. The van der Waals surface area contributed by atoms with E-state index in [1.54, 1.807) is 6.20 Å². The van der Waals surface area contributed by atoms with Crippen LogP contribution in [0.25, 0.3) is 22.3 Å². The van der Waals surface area contributed by atoms with E-state index in [-0.39, 0.29) is 35.8 Å². The SMILES string of the molecule is Cc1ccc(CNc2nc(N)nc(-c3ccc4cnn(C5CCCCO5)c4c3)n2)c(F)c1F. The number of hydrogen-bond acceptors (Lipinski definition) is 7. The van der Waals surface area contributed by atoms with Gasteiger partial charge in [-0.25, -0.2) is 13.5 Å². The van der Waals surface area contributed by atoms with Gasteiger partial charge in [0.2, 0.25) is 11.9 Å². The van der Waals surface area contributed by atoms with Gasteiger partial charge in [-0.1, -0.05) is 24.3 Å². The predicted octanol–water partition coefficient (Wildman–Crippen LogP) is 4.37. The zero-order chi connectivity index (χ0) is 22.9. The first-order chi connectivity index (χ1) is 16.0. The lowest BCUT2D eigenvalue weighted by Crippen LogP contribution is -2.18. The van der Waals surface area contributed by atoms with E-state index in [9.17, 15) is 8.78 Å². The van der Waals surface area contributed by atoms with Gasteiger partial charge in [-0.15, -0.1) is 0 Å². The quantitative estimate of drug-likeness (QED) is 0.464. The summed E-state index contributed by atoms with van der Waals surface area (Å²) in [7, 11) is 0. The molecule has 0 bridgehead atoms. The van der Waals surface area contributed by atoms with Crippen LogP contribution in [0.3, 0.4) is 0 Å². The lowest BCUT2D eigenvalue weighted by Gasteiger charge is -2.23. The average molecular weight is 451 g/mol. The summed E-state index contributed by atoms with van der Waals surface area (Å²) in [6, 6.07) is 8.80. The Kier molecular flexibility index (Phi) is 5.59. The first kappa shape index (κ1) is 21.2. The normalized spacial score (nSPS) is 16.3. The molecule has 4 aromatic rings. The molecule has 3 heterocycles. The van der Waals surface area contributed by atoms with E-state index < -0.39 is 11.6 Å². The van der Waals surface area contributed by atoms with Crippen molar-refractivity contribution in [2.75, 3.05) is 17.7 Å². The van der Waals surface area contributed by atoms with E-state index in [1.807, 2.05) is 22.9 Å². The lowest BCUT2D eigenvalue weighted by atomic mass is 10.1. The van der Waals surface area contributed by atoms with Gasteiger partial charge in [0.15, 0.2) is 23.7 Å². The summed E-state index contributed by atoms with van der Waals surface area (Å²) in [6.07, 6.45) is 4.76. The molecule has 0 radical (unpaired) electrons. The minimum absolute atomic E-state index is 0.00322. The number of anilines is 2. The van der Waals surface area contributed by atoms with Crippen LogP contribution < -0.4 is 11.1 Å². The number of aromatic nitrogens is 5. The highest BCUT2D eigenvalue weighted by Gasteiger charge is 2.19. The smallest absolute Gasteiger partial charge is 0.228 e. The summed E-state index contributed by atoms with van der Waals surface area (Å²) in [5, 5.41) is 8.39. The van der Waals surface area contributed by atoms with Crippen molar-refractivity contribution in [3.63, 3.8) is 0 Å². The minimum Gasteiger partial charge on any atom is -0.368 e. The van der Waals surface area contributed by atoms with Crippen LogP contribution in [0.4, 0.5) is 20.7 Å². The van der Waals surface area contributed by atoms with Gasteiger partial charge < -0.3 is 15.8 Å². The van der Waals surface area contributed by atoms with E-state index in [1.165, 1.54) is 19.1 Å². The molecule has 0 amide bonds. The Balaban J connectivity index is 1.43. The highest BCUT2D eigenvalue weighted by Crippen LogP contribution is 2.29. The van der Waals surface area contributed by atoms with E-state index in [4.69, 9.17) is 10.5 Å². The molecule has 0 saturated carbocycles. The van der Waals surface area contributed by atoms with Crippen LogP contribution in [0, 0.1) is 18.6 Å². The molecule has 0 spiro atoms. The number of hydrogen-bond donors (Lipinski definition) is 2. The number of nitrogens with zero attached hydrogens (tertiary/aromatic N) is 5. The van der Waals surface area contributed by atoms with Crippen LogP contribution in [0.15, 0.2) is 36.5 Å². The largest absolute Gasteiger partial charge is 0.368 e. The monoisotopic (exact) mass is 451 g/mol. The number of nitrogen functional groups attached to an aromatic ring is 1. The van der Waals surface area contributed by atoms with E-state index in [0.717, 1.165) is 42.3 Å². The van der Waals surface area contributed by atoms with Crippen molar-refractivity contribution in [2.45, 2.75) is 39.0 Å². The highest BCUT2D eigenvalue weighted by molar-refractivity contribution is 5.83. The third kappa shape index (κ3) is 4.21. The molecule has 1 fully saturated rings. The lowest BCUT2D eigenvalue weighted by molar-refractivity contribution is -0.0366. The number of benzene rings is 2. The molecular formula is C23H23F2N7O. The van der Waals surface area contributed by atoms with Gasteiger partial charge in [-0.05, 0) is 37.8 Å². The molecule has 170 valence electrons. The number of ether oxygens (including phenoxy) is 1. The molecule has 2 aromatic carbocycles. The number of fused-ring (bicyclic) bond motifs is 1. The topological polar surface area (TPSA) is 104 Å². The van der Waals surface area contributed by atoms with Crippen LogP contribution in [-0.2, 0) is 11.3 Å². The Morgan fingerprint density at radius 2 is 2.00 bits per heavy atom. The molecule has 0 aliphatic carbocycles. The number of aryl methyl sites for hydroxylation is 1. The van der Waals surface area contributed by atoms with Gasteiger partial charge in [-0.3, -0.25) is 0 Å². The summed E-state index contributed by atoms with van der Waals surface area (Å²) in [5.41, 5.74) is 7.95. The number of nitrogens with two attached hydrogens (primary N) is 1. The molecule has 8 nitrogen and oxygen atoms in total. The Morgan fingerprint density at radius 1 is 1.12 bits per heavy atom. The van der Waals surface area contributed by atoms with Gasteiger partial charge in [-0.2, -0.15) is 20.1 Å². The van der Waals surface area contributed by atoms with Crippen molar-refractivity contribution < 1.29 is 13.5 Å². The molecule has 2 aromatic heterocycles. The van der Waals surface area contributed by atoms with E-state index in [0.29, 0.717) is 5.82 Å². The zero-order valence-corrected chi connectivity index (χ0v) is 18.1. The number of halogens is 2. The van der Waals surface area contributed by atoms with Gasteiger partial charge >= 0.3 is 0 Å². The fraction of sp³-hybridized carbons (Fsp3) is 0.304. The third-order valence-corrected chi connectivity index (χ3v) is 5.73. The minimum atomic E-state index is -0.895. The summed E-state index contributed by atoms with van der Waals surface area (Å²) in [4.78, 5) is 12.8. The fourth-order valence-electron chi connectivity index (χ4n) is 3.92. The van der Waals surface area contributed by atoms with E-state index in [2.05, 4.69) is 25.4 Å². The Morgan fingerprint density at radius 3 is 2.82 bits per heavy atom. The first-order valence-electron chi connectivity index (χ1n) is 10.8. The molecule has 1 atom stereocenters. The van der Waals surface area contributed by atoms with Crippen LogP contribution in [0.2, 0.25) is 0 Å². The van der Waals surface area contributed by atoms with Crippen molar-refractivity contribution in [3.05, 3.63) is 59.3 Å². The van der Waals surface area contributed by atoms with Gasteiger partial charge in [0, 0.05) is 29.7 Å². The van der Waals surface area contributed by atoms with Crippen molar-refractivity contribution in [2.24, 2.45) is 0 Å². The van der Waals surface area contributed by atoms with Crippen LogP contribution in [0.5, 0.6) is 0 Å². The molecule has 1 saturated heterocycles. The average Bonchev–Trinajstić information content (AvgIpc) is 3.26. The van der Waals surface area contributed by atoms with Gasteiger partial charge in [0.1, 0.15) is 0 Å².